The predicted octanol–water partition coefficient (Wildman–Crippen LogP) is 6.53. The van der Waals surface area contributed by atoms with Crippen LogP contribution in [0.5, 0.6) is 0 Å². The molecule has 1 aliphatic heterocycles. The number of hydrogen-bond acceptors (Lipinski definition) is 7. The van der Waals surface area contributed by atoms with E-state index in [2.05, 4.69) is 85.6 Å². The number of fused-ring (bicyclic) bond motifs is 3. The van der Waals surface area contributed by atoms with Crippen molar-refractivity contribution in [3.63, 3.8) is 0 Å². The number of amides is 1. The van der Waals surface area contributed by atoms with Gasteiger partial charge in [-0.2, -0.15) is 5.10 Å². The van der Waals surface area contributed by atoms with Gasteiger partial charge in [0.15, 0.2) is 0 Å². The number of aromatic nitrogens is 3. The fourth-order valence-electron chi connectivity index (χ4n) is 12.3. The largest absolute Gasteiger partial charge is 0.481 e. The lowest BCUT2D eigenvalue weighted by Crippen LogP contribution is -2.70. The number of carbonyl (C=O) groups is 2. The zero-order valence-electron chi connectivity index (χ0n) is 32.6. The standard InChI is InChI=1S/C40H65N5O5/c1-23(2)25(5)36(7)16-17-37(8)26-12-13-29-35(6)18-28(45-32(33(46)42-11)43-22-44-45)31(50-20-39(10,41)24(3)4)40(29,21-49-19-35)27(26)14-15-38(37,9)30(36)34(47)48/h14,22-26,28-31H,12-13,15-21,41H2,1-11H3,(H,42,46)(H,47,48)/t25-,26+,28-,29-,30-,31+,35-,36-,37-,38+,39+,40+/m1/s1. The number of hydrogen-bond donors (Lipinski definition) is 3. The van der Waals surface area contributed by atoms with Crippen molar-refractivity contribution >= 4 is 11.9 Å². The van der Waals surface area contributed by atoms with E-state index in [1.165, 1.54) is 11.9 Å². The molecule has 1 aromatic rings. The van der Waals surface area contributed by atoms with E-state index >= 15 is 0 Å². The normalized spacial score (nSPS) is 42.8. The zero-order chi connectivity index (χ0) is 36.8. The van der Waals surface area contributed by atoms with Gasteiger partial charge in [0.25, 0.3) is 5.91 Å². The van der Waals surface area contributed by atoms with Crippen LogP contribution in [0.3, 0.4) is 0 Å². The number of carboxylic acids is 1. The van der Waals surface area contributed by atoms with Crippen LogP contribution in [0.25, 0.3) is 0 Å². The minimum absolute atomic E-state index is 0.178. The molecule has 2 heterocycles. The summed E-state index contributed by atoms with van der Waals surface area (Å²) < 4.78 is 15.7. The van der Waals surface area contributed by atoms with Crippen LogP contribution in [-0.4, -0.2) is 70.3 Å². The highest BCUT2D eigenvalue weighted by Crippen LogP contribution is 2.75. The van der Waals surface area contributed by atoms with Gasteiger partial charge in [0.1, 0.15) is 6.33 Å². The molecule has 0 unspecified atom stereocenters. The highest BCUT2D eigenvalue weighted by molar-refractivity contribution is 5.90. The van der Waals surface area contributed by atoms with Crippen LogP contribution in [0.4, 0.5) is 0 Å². The molecular formula is C40H65N5O5. The Bertz CT molecular complexity index is 1520. The van der Waals surface area contributed by atoms with Gasteiger partial charge in [0.2, 0.25) is 5.82 Å². The Hall–Kier alpha value is -2.30. The first-order valence-electron chi connectivity index (χ1n) is 19.3. The molecule has 4 aliphatic carbocycles. The number of nitrogens with two attached hydrogens (primary N) is 1. The minimum Gasteiger partial charge on any atom is -0.481 e. The average Bonchev–Trinajstić information content (AvgIpc) is 3.53. The lowest BCUT2D eigenvalue weighted by Gasteiger charge is -2.71. The first-order chi connectivity index (χ1) is 23.2. The highest BCUT2D eigenvalue weighted by atomic mass is 16.5. The van der Waals surface area contributed by atoms with Crippen molar-refractivity contribution in [2.45, 2.75) is 125 Å². The van der Waals surface area contributed by atoms with E-state index in [1.54, 1.807) is 7.05 Å². The molecule has 4 fully saturated rings. The molecule has 1 saturated heterocycles. The van der Waals surface area contributed by atoms with Crippen molar-refractivity contribution in [2.75, 3.05) is 26.9 Å². The summed E-state index contributed by atoms with van der Waals surface area (Å²) in [6.45, 7) is 23.9. The molecule has 10 nitrogen and oxygen atoms in total. The first kappa shape index (κ1) is 37.5. The molecule has 0 radical (unpaired) electrons. The number of carboxylic acid groups (broad SMARTS) is 1. The molecule has 12 atom stereocenters. The van der Waals surface area contributed by atoms with Crippen LogP contribution < -0.4 is 11.1 Å². The summed E-state index contributed by atoms with van der Waals surface area (Å²) in [4.78, 5) is 31.2. The number of allylic oxidation sites excluding steroid dienone is 1. The SMILES string of the molecule is CNC(=O)c1ncnn1[C@@H]1C[C@]2(C)COC[C@@]3(C4=CC[C@@]5(C)[C@H](C(=O)O)[C@@](C)([C@H](C)C(C)C)CC[C@]5(C)[C@H]4CC[C@H]23)[C@H]1OC[C@](C)(N)C(C)C. The number of nitrogens with zero attached hydrogens (tertiary/aromatic N) is 3. The molecule has 4 N–H and O–H groups in total. The maximum atomic E-state index is 13.6. The van der Waals surface area contributed by atoms with E-state index < -0.39 is 28.3 Å². The van der Waals surface area contributed by atoms with Crippen molar-refractivity contribution in [2.24, 2.45) is 68.3 Å². The molecule has 3 saturated carbocycles. The Morgan fingerprint density at radius 1 is 1.12 bits per heavy atom. The second-order valence-corrected chi connectivity index (χ2v) is 19.1. The predicted molar refractivity (Wildman–Crippen MR) is 193 cm³/mol. The second-order valence-electron chi connectivity index (χ2n) is 19.1. The van der Waals surface area contributed by atoms with Gasteiger partial charge >= 0.3 is 5.97 Å². The van der Waals surface area contributed by atoms with Crippen LogP contribution in [0.1, 0.15) is 124 Å². The Labute approximate surface area is 300 Å². The smallest absolute Gasteiger partial charge is 0.307 e. The number of carbonyl (C=O) groups excluding carboxylic acids is 1. The van der Waals surface area contributed by atoms with Gasteiger partial charge in [-0.25, -0.2) is 9.67 Å². The van der Waals surface area contributed by atoms with E-state index in [1.807, 2.05) is 4.68 Å². The van der Waals surface area contributed by atoms with Crippen LogP contribution in [-0.2, 0) is 14.3 Å². The third kappa shape index (κ3) is 5.11. The average molecular weight is 696 g/mol. The van der Waals surface area contributed by atoms with E-state index in [0.717, 1.165) is 32.1 Å². The van der Waals surface area contributed by atoms with Crippen LogP contribution in [0, 0.1) is 62.6 Å². The molecule has 280 valence electrons. The van der Waals surface area contributed by atoms with E-state index in [4.69, 9.17) is 20.3 Å². The van der Waals surface area contributed by atoms with Gasteiger partial charge < -0.3 is 25.6 Å². The van der Waals surface area contributed by atoms with Crippen molar-refractivity contribution in [1.29, 1.82) is 0 Å². The Morgan fingerprint density at radius 3 is 2.44 bits per heavy atom. The maximum Gasteiger partial charge on any atom is 0.307 e. The molecular weight excluding hydrogens is 630 g/mol. The molecule has 5 aliphatic rings. The number of ether oxygens (including phenoxy) is 2. The fourth-order valence-corrected chi connectivity index (χ4v) is 12.3. The van der Waals surface area contributed by atoms with E-state index in [0.29, 0.717) is 38.1 Å². The lowest BCUT2D eigenvalue weighted by atomic mass is 9.34. The number of aliphatic carboxylic acids is 1. The number of rotatable bonds is 9. The maximum absolute atomic E-state index is 13.6. The summed E-state index contributed by atoms with van der Waals surface area (Å²) in [6.07, 6.45) is 8.88. The summed E-state index contributed by atoms with van der Waals surface area (Å²) >= 11 is 0. The fraction of sp³-hybridized carbons (Fsp3) is 0.850. The zero-order valence-corrected chi connectivity index (χ0v) is 32.6. The van der Waals surface area contributed by atoms with Crippen molar-refractivity contribution in [3.05, 3.63) is 23.8 Å². The summed E-state index contributed by atoms with van der Waals surface area (Å²) in [7, 11) is 1.62. The van der Waals surface area contributed by atoms with Gasteiger partial charge in [-0.15, -0.1) is 0 Å². The highest BCUT2D eigenvalue weighted by Gasteiger charge is 2.72. The molecule has 10 heteroatoms. The van der Waals surface area contributed by atoms with Gasteiger partial charge in [0, 0.05) is 18.0 Å². The molecule has 6 rings (SSSR count). The molecule has 1 amide bonds. The Balaban J connectivity index is 1.54. The quantitative estimate of drug-likeness (QED) is 0.248. The molecule has 0 aromatic carbocycles. The first-order valence-corrected chi connectivity index (χ1v) is 19.3. The van der Waals surface area contributed by atoms with Crippen molar-refractivity contribution in [3.8, 4) is 0 Å². The van der Waals surface area contributed by atoms with Crippen molar-refractivity contribution < 1.29 is 24.2 Å². The lowest BCUT2D eigenvalue weighted by molar-refractivity contribution is -0.254. The monoisotopic (exact) mass is 695 g/mol. The number of nitrogens with one attached hydrogen (secondary N) is 1. The van der Waals surface area contributed by atoms with Crippen LogP contribution in [0.15, 0.2) is 18.0 Å². The van der Waals surface area contributed by atoms with Gasteiger partial charge in [0.05, 0.1) is 37.9 Å². The Morgan fingerprint density at radius 2 is 1.82 bits per heavy atom. The van der Waals surface area contributed by atoms with Crippen LogP contribution >= 0.6 is 0 Å². The second kappa shape index (κ2) is 12.4. The third-order valence-corrected chi connectivity index (χ3v) is 16.2. The van der Waals surface area contributed by atoms with Gasteiger partial charge in [-0.3, -0.25) is 9.59 Å². The topological polar surface area (TPSA) is 142 Å². The molecule has 2 bridgehead atoms. The summed E-state index contributed by atoms with van der Waals surface area (Å²) in [6, 6.07) is -0.271. The van der Waals surface area contributed by atoms with Crippen molar-refractivity contribution in [1.82, 2.24) is 20.1 Å². The van der Waals surface area contributed by atoms with E-state index in [9.17, 15) is 14.7 Å². The minimum atomic E-state index is -0.659. The third-order valence-electron chi connectivity index (χ3n) is 16.2. The van der Waals surface area contributed by atoms with Crippen LogP contribution in [0.2, 0.25) is 0 Å². The molecule has 1 aromatic heterocycles. The summed E-state index contributed by atoms with van der Waals surface area (Å²) in [5.41, 5.74) is 6.06. The summed E-state index contributed by atoms with van der Waals surface area (Å²) in [5, 5.41) is 18.6. The van der Waals surface area contributed by atoms with Gasteiger partial charge in [-0.1, -0.05) is 74.0 Å². The van der Waals surface area contributed by atoms with E-state index in [-0.39, 0.29) is 57.9 Å². The summed E-state index contributed by atoms with van der Waals surface area (Å²) in [5.74, 6) is 0.201. The molecule has 50 heavy (non-hydrogen) atoms. The Kier molecular flexibility index (Phi) is 9.29. The van der Waals surface area contributed by atoms with Gasteiger partial charge in [-0.05, 0) is 96.7 Å². The molecule has 0 spiro atoms.